The molecule has 1 atom stereocenters. The predicted molar refractivity (Wildman–Crippen MR) is 71.6 cm³/mol. The summed E-state index contributed by atoms with van der Waals surface area (Å²) in [7, 11) is 0. The molecule has 5 nitrogen and oxygen atoms in total. The molecule has 98 valence electrons. The van der Waals surface area contributed by atoms with Crippen molar-refractivity contribution >= 4 is 23.2 Å². The number of ether oxygens (including phenoxy) is 1. The summed E-state index contributed by atoms with van der Waals surface area (Å²) in [4.78, 5) is 26.7. The van der Waals surface area contributed by atoms with Gasteiger partial charge in [-0.05, 0) is 6.92 Å². The highest BCUT2D eigenvalue weighted by Gasteiger charge is 2.18. The van der Waals surface area contributed by atoms with Gasteiger partial charge in [-0.2, -0.15) is 0 Å². The van der Waals surface area contributed by atoms with Gasteiger partial charge in [-0.15, -0.1) is 11.3 Å². The van der Waals surface area contributed by atoms with Crippen molar-refractivity contribution in [3.63, 3.8) is 0 Å². The summed E-state index contributed by atoms with van der Waals surface area (Å²) in [5, 5.41) is 2.32. The molecular formula is C13H12N2O3S. The topological polar surface area (TPSA) is 82.3 Å². The minimum absolute atomic E-state index is 0.178. The van der Waals surface area contributed by atoms with Crippen molar-refractivity contribution in [2.24, 2.45) is 5.73 Å². The highest BCUT2D eigenvalue weighted by atomic mass is 32.1. The summed E-state index contributed by atoms with van der Waals surface area (Å²) in [6, 6.07) is 9.49. The Morgan fingerprint density at radius 1 is 1.32 bits per heavy atom. The largest absolute Gasteiger partial charge is 0.448 e. The van der Waals surface area contributed by atoms with E-state index in [4.69, 9.17) is 10.5 Å². The molecule has 0 aliphatic heterocycles. The highest BCUT2D eigenvalue weighted by molar-refractivity contribution is 7.13. The lowest BCUT2D eigenvalue weighted by atomic mass is 10.2. The van der Waals surface area contributed by atoms with Crippen molar-refractivity contribution in [3.8, 4) is 10.6 Å². The van der Waals surface area contributed by atoms with Gasteiger partial charge in [0.1, 0.15) is 5.01 Å². The van der Waals surface area contributed by atoms with Gasteiger partial charge in [-0.3, -0.25) is 4.79 Å². The fourth-order valence-electron chi connectivity index (χ4n) is 1.36. The molecule has 0 aliphatic carbocycles. The normalized spacial score (nSPS) is 11.8. The maximum atomic E-state index is 11.7. The molecule has 0 fully saturated rings. The van der Waals surface area contributed by atoms with Crippen LogP contribution in [0.15, 0.2) is 35.7 Å². The number of carbonyl (C=O) groups excluding carboxylic acids is 2. The third kappa shape index (κ3) is 3.17. The highest BCUT2D eigenvalue weighted by Crippen LogP contribution is 2.23. The monoisotopic (exact) mass is 276 g/mol. The third-order valence-corrected chi connectivity index (χ3v) is 3.31. The summed E-state index contributed by atoms with van der Waals surface area (Å²) in [5.41, 5.74) is 6.13. The van der Waals surface area contributed by atoms with Crippen LogP contribution in [0.2, 0.25) is 0 Å². The Morgan fingerprint density at radius 2 is 2.00 bits per heavy atom. The van der Waals surface area contributed by atoms with Crippen molar-refractivity contribution in [2.45, 2.75) is 13.0 Å². The Morgan fingerprint density at radius 3 is 2.63 bits per heavy atom. The number of hydrogen-bond acceptors (Lipinski definition) is 5. The minimum Gasteiger partial charge on any atom is -0.448 e. The molecule has 0 bridgehead atoms. The zero-order valence-electron chi connectivity index (χ0n) is 10.2. The standard InChI is InChI=1S/C13H12N2O3S/c1-8(11(14)16)18-13(17)10-7-19-12(15-10)9-5-3-2-4-6-9/h2-8H,1H3,(H2,14,16). The zero-order valence-corrected chi connectivity index (χ0v) is 11.0. The number of hydrogen-bond donors (Lipinski definition) is 1. The van der Waals surface area contributed by atoms with E-state index >= 15 is 0 Å². The lowest BCUT2D eigenvalue weighted by Crippen LogP contribution is -2.30. The molecule has 1 heterocycles. The molecule has 1 aromatic heterocycles. The lowest BCUT2D eigenvalue weighted by Gasteiger charge is -2.07. The fraction of sp³-hybridized carbons (Fsp3) is 0.154. The molecule has 0 saturated heterocycles. The van der Waals surface area contributed by atoms with Crippen LogP contribution in [0.1, 0.15) is 17.4 Å². The second kappa shape index (κ2) is 5.62. The quantitative estimate of drug-likeness (QED) is 0.864. The van der Waals surface area contributed by atoms with E-state index in [1.165, 1.54) is 18.3 Å². The van der Waals surface area contributed by atoms with Crippen molar-refractivity contribution in [1.29, 1.82) is 0 Å². The molecule has 0 aliphatic rings. The maximum Gasteiger partial charge on any atom is 0.358 e. The summed E-state index contributed by atoms with van der Waals surface area (Å²) >= 11 is 1.34. The van der Waals surface area contributed by atoms with Gasteiger partial charge in [0.15, 0.2) is 11.8 Å². The molecular weight excluding hydrogens is 264 g/mol. The van der Waals surface area contributed by atoms with Crippen molar-refractivity contribution in [1.82, 2.24) is 4.98 Å². The second-order valence-electron chi connectivity index (χ2n) is 3.85. The van der Waals surface area contributed by atoms with Gasteiger partial charge in [-0.1, -0.05) is 30.3 Å². The van der Waals surface area contributed by atoms with Gasteiger partial charge >= 0.3 is 5.97 Å². The van der Waals surface area contributed by atoms with Crippen molar-refractivity contribution < 1.29 is 14.3 Å². The van der Waals surface area contributed by atoms with Crippen LogP contribution in [0.3, 0.4) is 0 Å². The first-order chi connectivity index (χ1) is 9.08. The van der Waals surface area contributed by atoms with Crippen LogP contribution >= 0.6 is 11.3 Å². The summed E-state index contributed by atoms with van der Waals surface area (Å²) in [5.74, 6) is -1.34. The first-order valence-corrected chi connectivity index (χ1v) is 6.47. The third-order valence-electron chi connectivity index (χ3n) is 2.42. The van der Waals surface area contributed by atoms with Crippen LogP contribution < -0.4 is 5.73 Å². The number of thiazole rings is 1. The van der Waals surface area contributed by atoms with Gasteiger partial charge in [0.25, 0.3) is 5.91 Å². The lowest BCUT2D eigenvalue weighted by molar-refractivity contribution is -0.125. The Balaban J connectivity index is 2.13. The molecule has 0 spiro atoms. The Hall–Kier alpha value is -2.21. The van der Waals surface area contributed by atoms with E-state index < -0.39 is 18.0 Å². The van der Waals surface area contributed by atoms with E-state index in [2.05, 4.69) is 4.98 Å². The average Bonchev–Trinajstić information content (AvgIpc) is 2.89. The number of aromatic nitrogens is 1. The number of nitrogens with two attached hydrogens (primary N) is 1. The van der Waals surface area contributed by atoms with Gasteiger partial charge < -0.3 is 10.5 Å². The number of nitrogens with zero attached hydrogens (tertiary/aromatic N) is 1. The Kier molecular flexibility index (Phi) is 3.91. The number of esters is 1. The summed E-state index contributed by atoms with van der Waals surface area (Å²) in [6.07, 6.45) is -0.964. The molecule has 1 unspecified atom stereocenters. The first-order valence-electron chi connectivity index (χ1n) is 5.59. The average molecular weight is 276 g/mol. The van der Waals surface area contributed by atoms with Crippen LogP contribution in [-0.4, -0.2) is 23.0 Å². The van der Waals surface area contributed by atoms with Gasteiger partial charge in [0.2, 0.25) is 0 Å². The van der Waals surface area contributed by atoms with Gasteiger partial charge in [-0.25, -0.2) is 9.78 Å². The van der Waals surface area contributed by atoms with Gasteiger partial charge in [0, 0.05) is 10.9 Å². The molecule has 2 N–H and O–H groups in total. The maximum absolute atomic E-state index is 11.7. The molecule has 0 radical (unpaired) electrons. The smallest absolute Gasteiger partial charge is 0.358 e. The van der Waals surface area contributed by atoms with E-state index in [9.17, 15) is 9.59 Å². The van der Waals surface area contributed by atoms with Crippen LogP contribution in [-0.2, 0) is 9.53 Å². The molecule has 1 aromatic carbocycles. The number of carbonyl (C=O) groups is 2. The molecule has 2 rings (SSSR count). The van der Waals surface area contributed by atoms with Crippen LogP contribution in [0.25, 0.3) is 10.6 Å². The molecule has 6 heteroatoms. The van der Waals surface area contributed by atoms with Crippen LogP contribution in [0, 0.1) is 0 Å². The molecule has 2 aromatic rings. The van der Waals surface area contributed by atoms with E-state index in [0.29, 0.717) is 0 Å². The number of primary amides is 1. The SMILES string of the molecule is CC(OC(=O)c1csc(-c2ccccc2)n1)C(N)=O. The van der Waals surface area contributed by atoms with Crippen LogP contribution in [0.4, 0.5) is 0 Å². The van der Waals surface area contributed by atoms with Crippen molar-refractivity contribution in [2.75, 3.05) is 0 Å². The molecule has 0 saturated carbocycles. The fourth-order valence-corrected chi connectivity index (χ4v) is 2.16. The number of benzene rings is 1. The Labute approximate surface area is 114 Å². The zero-order chi connectivity index (χ0) is 13.8. The number of amides is 1. The molecule has 19 heavy (non-hydrogen) atoms. The first kappa shape index (κ1) is 13.2. The van der Waals surface area contributed by atoms with Crippen LogP contribution in [0.5, 0.6) is 0 Å². The van der Waals surface area contributed by atoms with E-state index in [-0.39, 0.29) is 5.69 Å². The summed E-state index contributed by atoms with van der Waals surface area (Å²) < 4.78 is 4.88. The summed E-state index contributed by atoms with van der Waals surface area (Å²) in [6.45, 7) is 1.42. The molecule has 1 amide bonds. The minimum atomic E-state index is -0.964. The van der Waals surface area contributed by atoms with E-state index in [1.807, 2.05) is 30.3 Å². The van der Waals surface area contributed by atoms with Gasteiger partial charge in [0.05, 0.1) is 0 Å². The van der Waals surface area contributed by atoms with E-state index in [0.717, 1.165) is 10.6 Å². The second-order valence-corrected chi connectivity index (χ2v) is 4.71. The van der Waals surface area contributed by atoms with Crippen molar-refractivity contribution in [3.05, 3.63) is 41.4 Å². The van der Waals surface area contributed by atoms with E-state index in [1.54, 1.807) is 5.38 Å². The predicted octanol–water partition coefficient (Wildman–Crippen LogP) is 1.84. The number of rotatable bonds is 4. The Bertz CT molecular complexity index is 595.